The van der Waals surface area contributed by atoms with Crippen LogP contribution in [0.3, 0.4) is 0 Å². The number of nitrogens with one attached hydrogen (secondary N) is 1. The van der Waals surface area contributed by atoms with Crippen molar-refractivity contribution in [1.82, 2.24) is 14.5 Å². The van der Waals surface area contributed by atoms with Crippen molar-refractivity contribution in [2.75, 3.05) is 31.9 Å². The van der Waals surface area contributed by atoms with Crippen molar-refractivity contribution in [2.24, 2.45) is 0 Å². The van der Waals surface area contributed by atoms with Crippen LogP contribution in [-0.4, -0.2) is 67.5 Å². The van der Waals surface area contributed by atoms with Gasteiger partial charge in [-0.1, -0.05) is 0 Å². The highest BCUT2D eigenvalue weighted by molar-refractivity contribution is 7.89. The van der Waals surface area contributed by atoms with Gasteiger partial charge < -0.3 is 10.2 Å². The average molecular weight is 312 g/mol. The number of rotatable bonds is 2. The Bertz CT molecular complexity index is 429. The number of hydrogen-bond donors (Lipinski definition) is 1. The van der Waals surface area contributed by atoms with Gasteiger partial charge in [-0.2, -0.15) is 4.31 Å². The second-order valence-corrected chi connectivity index (χ2v) is 7.16. The highest BCUT2D eigenvalue weighted by Crippen LogP contribution is 2.15. The summed E-state index contributed by atoms with van der Waals surface area (Å²) in [5.74, 6) is 0.0923. The van der Waals surface area contributed by atoms with Crippen molar-refractivity contribution in [1.29, 1.82) is 0 Å². The Morgan fingerprint density at radius 1 is 1.32 bits per heavy atom. The monoisotopic (exact) mass is 311 g/mol. The van der Waals surface area contributed by atoms with Gasteiger partial charge in [-0.05, 0) is 20.3 Å². The molecule has 6 nitrogen and oxygen atoms in total. The molecule has 0 spiro atoms. The van der Waals surface area contributed by atoms with E-state index in [1.54, 1.807) is 4.90 Å². The number of amides is 1. The average Bonchev–Trinajstić information content (AvgIpc) is 2.62. The third-order valence-electron chi connectivity index (χ3n) is 3.87. The third kappa shape index (κ3) is 3.59. The number of carbonyl (C=O) groups is 1. The number of halogens is 1. The normalized spacial score (nSPS) is 30.9. The Labute approximate surface area is 121 Å². The maximum absolute atomic E-state index is 12.2. The molecule has 0 saturated carbocycles. The van der Waals surface area contributed by atoms with Crippen molar-refractivity contribution in [3.8, 4) is 0 Å². The molecule has 0 radical (unpaired) electrons. The summed E-state index contributed by atoms with van der Waals surface area (Å²) in [4.78, 5) is 14.0. The van der Waals surface area contributed by atoms with Gasteiger partial charge in [0, 0.05) is 31.7 Å². The van der Waals surface area contributed by atoms with Crippen molar-refractivity contribution < 1.29 is 13.2 Å². The first-order valence-corrected chi connectivity index (χ1v) is 8.03. The SMILES string of the molecule is CC1NCCN(C(=O)CN2CCCS2(=O)=O)C1C.Cl. The van der Waals surface area contributed by atoms with Gasteiger partial charge in [0.05, 0.1) is 12.3 Å². The summed E-state index contributed by atoms with van der Waals surface area (Å²) < 4.78 is 24.7. The standard InChI is InChI=1S/C11H21N3O3S.ClH/c1-9-10(2)14(6-4-12-9)11(15)8-13-5-3-7-18(13,16)17;/h9-10,12H,3-8H2,1-2H3;1H. The van der Waals surface area contributed by atoms with Gasteiger partial charge in [-0.25, -0.2) is 8.42 Å². The summed E-state index contributed by atoms with van der Waals surface area (Å²) in [5.41, 5.74) is 0. The molecule has 1 N–H and O–H groups in total. The lowest BCUT2D eigenvalue weighted by molar-refractivity contribution is -0.135. The lowest BCUT2D eigenvalue weighted by Crippen LogP contribution is -2.58. The zero-order chi connectivity index (χ0) is 13.3. The Morgan fingerprint density at radius 3 is 2.58 bits per heavy atom. The molecule has 0 bridgehead atoms. The maximum Gasteiger partial charge on any atom is 0.238 e. The minimum Gasteiger partial charge on any atom is -0.336 e. The van der Waals surface area contributed by atoms with Crippen LogP contribution in [0.1, 0.15) is 20.3 Å². The van der Waals surface area contributed by atoms with Gasteiger partial charge in [0.15, 0.2) is 0 Å². The quantitative estimate of drug-likeness (QED) is 0.757. The molecule has 19 heavy (non-hydrogen) atoms. The van der Waals surface area contributed by atoms with Crippen LogP contribution in [0.15, 0.2) is 0 Å². The first kappa shape index (κ1) is 16.7. The number of sulfonamides is 1. The second kappa shape index (κ2) is 6.39. The van der Waals surface area contributed by atoms with Gasteiger partial charge in [-0.15, -0.1) is 12.4 Å². The number of hydrogen-bond acceptors (Lipinski definition) is 4. The molecule has 2 heterocycles. The van der Waals surface area contributed by atoms with E-state index in [9.17, 15) is 13.2 Å². The van der Waals surface area contributed by atoms with E-state index in [1.165, 1.54) is 4.31 Å². The molecule has 0 aromatic heterocycles. The van der Waals surface area contributed by atoms with Crippen molar-refractivity contribution in [2.45, 2.75) is 32.4 Å². The molecule has 2 rings (SSSR count). The second-order valence-electron chi connectivity index (χ2n) is 5.07. The Balaban J connectivity index is 0.00000180. The summed E-state index contributed by atoms with van der Waals surface area (Å²) in [6.45, 7) is 5.93. The molecule has 2 unspecified atom stereocenters. The highest BCUT2D eigenvalue weighted by Gasteiger charge is 2.34. The molecular weight excluding hydrogens is 290 g/mol. The van der Waals surface area contributed by atoms with Crippen LogP contribution < -0.4 is 5.32 Å². The zero-order valence-corrected chi connectivity index (χ0v) is 13.0. The minimum absolute atomic E-state index is 0. The Morgan fingerprint density at radius 2 is 2.00 bits per heavy atom. The lowest BCUT2D eigenvalue weighted by atomic mass is 10.1. The van der Waals surface area contributed by atoms with Crippen LogP contribution in [0.4, 0.5) is 0 Å². The van der Waals surface area contributed by atoms with E-state index in [2.05, 4.69) is 5.32 Å². The molecule has 8 heteroatoms. The van der Waals surface area contributed by atoms with Gasteiger partial charge in [-0.3, -0.25) is 4.79 Å². The fraction of sp³-hybridized carbons (Fsp3) is 0.909. The predicted molar refractivity (Wildman–Crippen MR) is 75.9 cm³/mol. The van der Waals surface area contributed by atoms with Crippen LogP contribution in [0.5, 0.6) is 0 Å². The van der Waals surface area contributed by atoms with E-state index in [1.807, 2.05) is 13.8 Å². The fourth-order valence-corrected chi connectivity index (χ4v) is 3.99. The van der Waals surface area contributed by atoms with E-state index in [0.29, 0.717) is 19.5 Å². The molecular formula is C11H22ClN3O3S. The summed E-state index contributed by atoms with van der Waals surface area (Å²) in [6.07, 6.45) is 0.628. The van der Waals surface area contributed by atoms with Crippen LogP contribution in [0.25, 0.3) is 0 Å². The first-order valence-electron chi connectivity index (χ1n) is 6.42. The van der Waals surface area contributed by atoms with E-state index >= 15 is 0 Å². The van der Waals surface area contributed by atoms with Crippen molar-refractivity contribution >= 4 is 28.3 Å². The summed E-state index contributed by atoms with van der Waals surface area (Å²) in [7, 11) is -3.18. The van der Waals surface area contributed by atoms with Crippen LogP contribution >= 0.6 is 12.4 Å². The molecule has 2 aliphatic rings. The number of carbonyl (C=O) groups excluding carboxylic acids is 1. The van der Waals surface area contributed by atoms with E-state index in [4.69, 9.17) is 0 Å². The largest absolute Gasteiger partial charge is 0.336 e. The van der Waals surface area contributed by atoms with Gasteiger partial charge in [0.2, 0.25) is 15.9 Å². The molecule has 0 aromatic carbocycles. The Kier molecular flexibility index (Phi) is 5.61. The van der Waals surface area contributed by atoms with Gasteiger partial charge >= 0.3 is 0 Å². The highest BCUT2D eigenvalue weighted by atomic mass is 35.5. The molecule has 2 fully saturated rings. The molecule has 0 aliphatic carbocycles. The summed E-state index contributed by atoms with van der Waals surface area (Å²) >= 11 is 0. The van der Waals surface area contributed by atoms with Gasteiger partial charge in [0.25, 0.3) is 0 Å². The van der Waals surface area contributed by atoms with E-state index < -0.39 is 10.0 Å². The third-order valence-corrected chi connectivity index (χ3v) is 5.77. The molecule has 2 atom stereocenters. The molecule has 112 valence electrons. The Hall–Kier alpha value is -0.370. The summed E-state index contributed by atoms with van der Waals surface area (Å²) in [5, 5.41) is 3.30. The van der Waals surface area contributed by atoms with E-state index in [-0.39, 0.29) is 42.7 Å². The zero-order valence-electron chi connectivity index (χ0n) is 11.3. The van der Waals surface area contributed by atoms with Crippen LogP contribution in [-0.2, 0) is 14.8 Å². The topological polar surface area (TPSA) is 69.7 Å². The maximum atomic E-state index is 12.2. The van der Waals surface area contributed by atoms with Crippen molar-refractivity contribution in [3.63, 3.8) is 0 Å². The minimum atomic E-state index is -3.18. The summed E-state index contributed by atoms with van der Waals surface area (Å²) in [6, 6.07) is 0.356. The molecule has 0 aromatic rings. The molecule has 2 saturated heterocycles. The van der Waals surface area contributed by atoms with Crippen LogP contribution in [0, 0.1) is 0 Å². The smallest absolute Gasteiger partial charge is 0.238 e. The lowest BCUT2D eigenvalue weighted by Gasteiger charge is -2.39. The van der Waals surface area contributed by atoms with Crippen LogP contribution in [0.2, 0.25) is 0 Å². The number of piperazine rings is 1. The molecule has 1 amide bonds. The first-order chi connectivity index (χ1) is 8.42. The molecule has 2 aliphatic heterocycles. The fourth-order valence-electron chi connectivity index (χ4n) is 2.52. The predicted octanol–water partition coefficient (Wildman–Crippen LogP) is -0.347. The number of nitrogens with zero attached hydrogens (tertiary/aromatic N) is 2. The van der Waals surface area contributed by atoms with E-state index in [0.717, 1.165) is 6.54 Å². The van der Waals surface area contributed by atoms with Gasteiger partial charge in [0.1, 0.15) is 0 Å². The van der Waals surface area contributed by atoms with Crippen molar-refractivity contribution in [3.05, 3.63) is 0 Å².